The van der Waals surface area contributed by atoms with Gasteiger partial charge in [0.25, 0.3) is 5.91 Å². The Balaban J connectivity index is 1.45. The van der Waals surface area contributed by atoms with Crippen molar-refractivity contribution in [2.75, 3.05) is 18.1 Å². The number of aromatic nitrogens is 1. The first-order valence-corrected chi connectivity index (χ1v) is 14.5. The number of rotatable bonds is 6. The third-order valence-electron chi connectivity index (χ3n) is 6.04. The maximum atomic E-state index is 13.7. The molecule has 0 radical (unpaired) electrons. The van der Waals surface area contributed by atoms with Crippen molar-refractivity contribution in [3.05, 3.63) is 76.2 Å². The summed E-state index contributed by atoms with van der Waals surface area (Å²) in [6.45, 7) is 3.11. The van der Waals surface area contributed by atoms with Crippen LogP contribution < -0.4 is 5.01 Å². The number of halogens is 1. The number of amides is 1. The van der Waals surface area contributed by atoms with Crippen LogP contribution in [-0.2, 0) is 10.0 Å². The molecule has 0 aliphatic carbocycles. The van der Waals surface area contributed by atoms with Gasteiger partial charge in [-0.2, -0.15) is 14.4 Å². The first-order valence-electron chi connectivity index (χ1n) is 11.4. The predicted octanol–water partition coefficient (Wildman–Crippen LogP) is 5.60. The highest BCUT2D eigenvalue weighted by atomic mass is 32.2. The van der Waals surface area contributed by atoms with E-state index in [1.54, 1.807) is 12.3 Å². The van der Waals surface area contributed by atoms with Crippen LogP contribution in [0.3, 0.4) is 0 Å². The van der Waals surface area contributed by atoms with Crippen LogP contribution >= 0.6 is 22.7 Å². The van der Waals surface area contributed by atoms with Crippen molar-refractivity contribution >= 4 is 60.2 Å². The molecule has 0 bridgehead atoms. The summed E-state index contributed by atoms with van der Waals surface area (Å²) in [7, 11) is -3.63. The number of carbonyl (C=O) groups excluding carboxylic acids is 1. The Morgan fingerprint density at radius 1 is 1.17 bits per heavy atom. The third kappa shape index (κ3) is 5.10. The van der Waals surface area contributed by atoms with E-state index in [0.29, 0.717) is 29.2 Å². The summed E-state index contributed by atoms with van der Waals surface area (Å²) in [5.41, 5.74) is 0.813. The lowest BCUT2D eigenvalue weighted by molar-refractivity contribution is 0.0987. The fourth-order valence-electron chi connectivity index (χ4n) is 3.91. The van der Waals surface area contributed by atoms with Gasteiger partial charge in [-0.15, -0.1) is 11.3 Å². The van der Waals surface area contributed by atoms with Gasteiger partial charge >= 0.3 is 0 Å². The number of sulfonamides is 1. The number of anilines is 1. The molecule has 11 heteroatoms. The molecule has 36 heavy (non-hydrogen) atoms. The molecule has 186 valence electrons. The Morgan fingerprint density at radius 2 is 1.92 bits per heavy atom. The van der Waals surface area contributed by atoms with Crippen LogP contribution in [0.5, 0.6) is 0 Å². The second-order valence-electron chi connectivity index (χ2n) is 8.60. The van der Waals surface area contributed by atoms with Crippen molar-refractivity contribution in [1.82, 2.24) is 9.29 Å². The van der Waals surface area contributed by atoms with Gasteiger partial charge in [-0.25, -0.2) is 17.8 Å². The van der Waals surface area contributed by atoms with E-state index in [1.807, 2.05) is 17.5 Å². The van der Waals surface area contributed by atoms with Crippen LogP contribution in [0.25, 0.3) is 10.2 Å². The van der Waals surface area contributed by atoms with E-state index in [-0.39, 0.29) is 15.6 Å². The smallest absolute Gasteiger partial charge is 0.267 e. The first-order chi connectivity index (χ1) is 17.3. The van der Waals surface area contributed by atoms with Crippen LogP contribution in [-0.4, -0.2) is 42.9 Å². The molecule has 3 heterocycles. The monoisotopic (exact) mass is 542 g/mol. The minimum Gasteiger partial charge on any atom is -0.267 e. The van der Waals surface area contributed by atoms with Crippen LogP contribution in [0.2, 0.25) is 0 Å². The van der Waals surface area contributed by atoms with Crippen molar-refractivity contribution in [2.45, 2.75) is 24.7 Å². The van der Waals surface area contributed by atoms with Crippen molar-refractivity contribution in [2.24, 2.45) is 11.0 Å². The molecule has 1 aliphatic rings. The van der Waals surface area contributed by atoms with Gasteiger partial charge in [0.2, 0.25) is 15.2 Å². The second kappa shape index (κ2) is 10.2. The van der Waals surface area contributed by atoms with Gasteiger partial charge in [0.1, 0.15) is 5.82 Å². The fourth-order valence-corrected chi connectivity index (χ4v) is 6.91. The average Bonchev–Trinajstić information content (AvgIpc) is 3.54. The molecule has 1 amide bonds. The number of benzene rings is 2. The molecule has 2 aromatic heterocycles. The van der Waals surface area contributed by atoms with Crippen LogP contribution in [0.4, 0.5) is 9.52 Å². The summed E-state index contributed by atoms with van der Waals surface area (Å²) < 4.78 is 41.9. The average molecular weight is 543 g/mol. The lowest BCUT2D eigenvalue weighted by Gasteiger charge is -2.29. The van der Waals surface area contributed by atoms with E-state index in [1.165, 1.54) is 52.0 Å². The van der Waals surface area contributed by atoms with Crippen molar-refractivity contribution in [3.8, 4) is 0 Å². The van der Waals surface area contributed by atoms with E-state index >= 15 is 0 Å². The van der Waals surface area contributed by atoms with Gasteiger partial charge in [0.15, 0.2) is 0 Å². The van der Waals surface area contributed by atoms with Gasteiger partial charge < -0.3 is 0 Å². The Labute approximate surface area is 216 Å². The minimum atomic E-state index is -3.63. The van der Waals surface area contributed by atoms with Gasteiger partial charge in [-0.05, 0) is 72.7 Å². The molecule has 0 N–H and O–H groups in total. The second-order valence-corrected chi connectivity index (χ2v) is 12.5. The van der Waals surface area contributed by atoms with Crippen molar-refractivity contribution in [1.29, 1.82) is 0 Å². The minimum absolute atomic E-state index is 0.151. The zero-order valence-corrected chi connectivity index (χ0v) is 21.8. The predicted molar refractivity (Wildman–Crippen MR) is 142 cm³/mol. The molecule has 2 aromatic carbocycles. The summed E-state index contributed by atoms with van der Waals surface area (Å²) in [5, 5.41) is 7.73. The fraction of sp³-hybridized carbons (Fsp3) is 0.240. The summed E-state index contributed by atoms with van der Waals surface area (Å²) >= 11 is 2.61. The number of hydrogen-bond donors (Lipinski definition) is 0. The molecule has 1 fully saturated rings. The molecule has 0 atom stereocenters. The van der Waals surface area contributed by atoms with Crippen LogP contribution in [0.1, 0.15) is 35.0 Å². The first kappa shape index (κ1) is 24.7. The zero-order chi connectivity index (χ0) is 25.3. The molecule has 1 aliphatic heterocycles. The number of fused-ring (bicyclic) bond motifs is 1. The van der Waals surface area contributed by atoms with Gasteiger partial charge in [-0.1, -0.05) is 24.3 Å². The highest BCUT2D eigenvalue weighted by Gasteiger charge is 2.29. The SMILES string of the molecule is CC1CCN(S(=O)(=O)c2ccc(C(=O)N(/N=C/c3cccs3)c3nc4ccc(F)cc4s3)cc2)CC1. The van der Waals surface area contributed by atoms with Crippen LogP contribution in [0.15, 0.2) is 70.0 Å². The lowest BCUT2D eigenvalue weighted by atomic mass is 10.0. The summed E-state index contributed by atoms with van der Waals surface area (Å²) in [4.78, 5) is 19.0. The topological polar surface area (TPSA) is 82.9 Å². The van der Waals surface area contributed by atoms with Gasteiger partial charge in [0.05, 0.1) is 21.3 Å². The standard InChI is InChI=1S/C25H23FN4O3S3/c1-17-10-12-29(13-11-17)36(32,33)21-7-4-18(5-8-21)24(31)30(27-16-20-3-2-14-34-20)25-28-22-9-6-19(26)15-23(22)35-25/h2-9,14-17H,10-13H2,1H3/b27-16+. The number of thiophene rings is 1. The molecule has 4 aromatic rings. The maximum Gasteiger partial charge on any atom is 0.280 e. The number of piperidine rings is 1. The largest absolute Gasteiger partial charge is 0.280 e. The zero-order valence-electron chi connectivity index (χ0n) is 19.4. The van der Waals surface area contributed by atoms with E-state index in [4.69, 9.17) is 0 Å². The number of thiazole rings is 1. The molecule has 5 rings (SSSR count). The summed E-state index contributed by atoms with van der Waals surface area (Å²) in [6.07, 6.45) is 3.23. The van der Waals surface area contributed by atoms with Gasteiger partial charge in [-0.3, -0.25) is 4.79 Å². The third-order valence-corrected chi connectivity index (χ3v) is 9.75. The maximum absolute atomic E-state index is 13.7. The molecule has 7 nitrogen and oxygen atoms in total. The highest BCUT2D eigenvalue weighted by Crippen LogP contribution is 2.31. The molecule has 1 saturated heterocycles. The normalized spacial score (nSPS) is 15.6. The summed E-state index contributed by atoms with van der Waals surface area (Å²) in [6, 6.07) is 13.9. The number of nitrogens with zero attached hydrogens (tertiary/aromatic N) is 4. The van der Waals surface area contributed by atoms with Crippen molar-refractivity contribution in [3.63, 3.8) is 0 Å². The molecule has 0 unspecified atom stereocenters. The lowest BCUT2D eigenvalue weighted by Crippen LogP contribution is -2.37. The Bertz CT molecular complexity index is 1510. The number of hydrogen-bond acceptors (Lipinski definition) is 7. The van der Waals surface area contributed by atoms with E-state index in [9.17, 15) is 17.6 Å². The molecular weight excluding hydrogens is 519 g/mol. The summed E-state index contributed by atoms with van der Waals surface area (Å²) in [5.74, 6) is -0.355. The number of hydrazone groups is 1. The van der Waals surface area contributed by atoms with E-state index in [0.717, 1.165) is 34.1 Å². The Morgan fingerprint density at radius 3 is 2.61 bits per heavy atom. The quantitative estimate of drug-likeness (QED) is 0.235. The Hall–Kier alpha value is -2.99. The highest BCUT2D eigenvalue weighted by molar-refractivity contribution is 7.89. The van der Waals surface area contributed by atoms with Gasteiger partial charge in [0, 0.05) is 23.5 Å². The van der Waals surface area contributed by atoms with Crippen LogP contribution in [0, 0.1) is 11.7 Å². The number of carbonyl (C=O) groups is 1. The molecule has 0 spiro atoms. The Kier molecular flexibility index (Phi) is 6.98. The molecular formula is C25H23FN4O3S3. The molecule has 0 saturated carbocycles. The van der Waals surface area contributed by atoms with E-state index < -0.39 is 21.7 Å². The van der Waals surface area contributed by atoms with E-state index in [2.05, 4.69) is 17.0 Å². The van der Waals surface area contributed by atoms with Crippen molar-refractivity contribution < 1.29 is 17.6 Å².